The Bertz CT molecular complexity index is 1040. The second-order valence-corrected chi connectivity index (χ2v) is 8.82. The summed E-state index contributed by atoms with van der Waals surface area (Å²) in [4.78, 5) is 28.7. The molecule has 11 heteroatoms. The quantitative estimate of drug-likeness (QED) is 0.405. The Morgan fingerprint density at radius 3 is 2.72 bits per heavy atom. The van der Waals surface area contributed by atoms with Crippen molar-refractivity contribution in [2.45, 2.75) is 31.6 Å². The van der Waals surface area contributed by atoms with E-state index < -0.39 is 30.3 Å². The number of aliphatic hydroxyl groups excluding tert-OH is 1. The Balaban J connectivity index is 1.72. The van der Waals surface area contributed by atoms with Crippen molar-refractivity contribution in [2.75, 3.05) is 39.9 Å². The number of benzene rings is 2. The van der Waals surface area contributed by atoms with Crippen LogP contribution in [0.5, 0.6) is 5.75 Å². The summed E-state index contributed by atoms with van der Waals surface area (Å²) in [5.41, 5.74) is 1.29. The number of hydrogen-bond acceptors (Lipinski definition) is 8. The Morgan fingerprint density at radius 1 is 1.31 bits per heavy atom. The number of cyclic esters (lactones) is 1. The third-order valence-corrected chi connectivity index (χ3v) is 6.10. The van der Waals surface area contributed by atoms with Gasteiger partial charge in [0.2, 0.25) is 0 Å². The van der Waals surface area contributed by atoms with Crippen LogP contribution in [0.3, 0.4) is 0 Å². The van der Waals surface area contributed by atoms with Crippen LogP contribution in [0.25, 0.3) is 0 Å². The zero-order chi connectivity index (χ0) is 26.1. The molecule has 2 aromatic carbocycles. The van der Waals surface area contributed by atoms with Crippen molar-refractivity contribution in [1.29, 1.82) is 0 Å². The summed E-state index contributed by atoms with van der Waals surface area (Å²) in [5.74, 6) is -0.278. The van der Waals surface area contributed by atoms with E-state index in [-0.39, 0.29) is 18.2 Å². The summed E-state index contributed by atoms with van der Waals surface area (Å²) in [6.45, 7) is 2.74. The van der Waals surface area contributed by atoms with Crippen LogP contribution < -0.4 is 4.74 Å². The monoisotopic (exact) mass is 516 g/mol. The topological polar surface area (TPSA) is 106 Å². The van der Waals surface area contributed by atoms with Crippen LogP contribution >= 0.6 is 11.6 Å². The van der Waals surface area contributed by atoms with E-state index >= 15 is 0 Å². The van der Waals surface area contributed by atoms with Gasteiger partial charge in [0, 0.05) is 6.61 Å². The number of hydrogen-bond donors (Lipinski definition) is 1. The maximum atomic E-state index is 13.4. The van der Waals surface area contributed by atoms with Crippen LogP contribution in [-0.4, -0.2) is 86.1 Å². The van der Waals surface area contributed by atoms with Gasteiger partial charge in [-0.1, -0.05) is 30.3 Å². The molecule has 36 heavy (non-hydrogen) atoms. The van der Waals surface area contributed by atoms with Crippen molar-refractivity contribution in [3.63, 3.8) is 0 Å². The van der Waals surface area contributed by atoms with E-state index in [0.29, 0.717) is 37.3 Å². The predicted molar refractivity (Wildman–Crippen MR) is 133 cm³/mol. The average molecular weight is 517 g/mol. The molecule has 1 saturated heterocycles. The molecule has 0 spiro atoms. The van der Waals surface area contributed by atoms with Gasteiger partial charge < -0.3 is 4.74 Å². The molecule has 0 bridgehead atoms. The van der Waals surface area contributed by atoms with Crippen molar-refractivity contribution < 1.29 is 33.6 Å². The molecule has 1 fully saturated rings. The van der Waals surface area contributed by atoms with Crippen LogP contribution in [0.2, 0.25) is 5.02 Å². The van der Waals surface area contributed by atoms with Crippen LogP contribution in [-0.2, 0) is 25.4 Å². The van der Waals surface area contributed by atoms with Gasteiger partial charge in [0.05, 0.1) is 6.04 Å². The number of amides is 2. The third-order valence-electron chi connectivity index (χ3n) is 5.80. The van der Waals surface area contributed by atoms with Gasteiger partial charge in [0.15, 0.2) is 0 Å². The van der Waals surface area contributed by atoms with E-state index in [9.17, 15) is 19.4 Å². The van der Waals surface area contributed by atoms with Gasteiger partial charge >= 0.3 is 128 Å². The number of imide groups is 1. The molecule has 1 N–H and O–H groups in total. The number of halogens is 1. The first-order valence-electron chi connectivity index (χ1n) is 11.7. The molecule has 192 valence electrons. The number of nitrogens with zero attached hydrogens (tertiary/aromatic N) is 2. The molecule has 2 unspecified atom stereocenters. The number of likely N-dealkylation sites (N-methyl/N-ethyl adjacent to an activating group) is 1. The standard InChI is InChI=1S/C25H30BClN2O7/c1-3-34-23(24(31)29-19(15-36-25(29)32)13-17-7-5-4-6-8-17)22(30)18-9-10-21(20(27)14-18)35-12-11-28(2)16-26-33/h4-10,14,19,22-23,30H,3,11-13,15-16H2,1-2H3/t19?,22?,23-/m0/s1. The first-order chi connectivity index (χ1) is 17.3. The van der Waals surface area contributed by atoms with Gasteiger partial charge in [-0.05, 0) is 18.9 Å². The summed E-state index contributed by atoms with van der Waals surface area (Å²) in [5, 5.41) is 11.3. The van der Waals surface area contributed by atoms with Gasteiger partial charge in [-0.3, -0.25) is 4.79 Å². The number of carbonyl (C=O) groups excluding carboxylic acids is 2. The molecule has 1 heterocycles. The van der Waals surface area contributed by atoms with E-state index in [0.717, 1.165) is 17.6 Å². The molecule has 0 aliphatic carbocycles. The van der Waals surface area contributed by atoms with Crippen LogP contribution in [0, 0.1) is 0 Å². The van der Waals surface area contributed by atoms with E-state index in [1.165, 1.54) is 6.07 Å². The summed E-state index contributed by atoms with van der Waals surface area (Å²) < 4.78 is 27.0. The van der Waals surface area contributed by atoms with Crippen molar-refractivity contribution >= 4 is 30.8 Å². The molecule has 2 aromatic rings. The average Bonchev–Trinajstić information content (AvgIpc) is 3.23. The first kappa shape index (κ1) is 27.8. The maximum absolute atomic E-state index is 13.4. The second-order valence-electron chi connectivity index (χ2n) is 8.42. The molecule has 2 amide bonds. The molecular weight excluding hydrogens is 487 g/mol. The van der Waals surface area contributed by atoms with E-state index in [1.807, 2.05) is 30.3 Å². The number of rotatable bonds is 13. The molecule has 1 aliphatic rings. The van der Waals surface area contributed by atoms with Gasteiger partial charge in [0.25, 0.3) is 0 Å². The van der Waals surface area contributed by atoms with Crippen LogP contribution in [0.15, 0.2) is 48.5 Å². The van der Waals surface area contributed by atoms with E-state index in [4.69, 9.17) is 25.8 Å². The fourth-order valence-electron chi connectivity index (χ4n) is 3.90. The molecule has 9 nitrogen and oxygen atoms in total. The summed E-state index contributed by atoms with van der Waals surface area (Å²) in [6.07, 6.45) is -2.76. The van der Waals surface area contributed by atoms with Gasteiger partial charge in [-0.15, -0.1) is 0 Å². The van der Waals surface area contributed by atoms with Crippen LogP contribution in [0.1, 0.15) is 24.2 Å². The number of carbonyl (C=O) groups is 2. The fraction of sp³-hybridized carbons (Fsp3) is 0.440. The molecule has 1 aliphatic heterocycles. The molecule has 3 atom stereocenters. The summed E-state index contributed by atoms with van der Waals surface area (Å²) >= 11 is 6.36. The van der Waals surface area contributed by atoms with E-state index in [1.54, 1.807) is 31.0 Å². The van der Waals surface area contributed by atoms with Gasteiger partial charge in [-0.25, -0.2) is 9.69 Å². The van der Waals surface area contributed by atoms with E-state index in [2.05, 4.69) is 0 Å². The number of ether oxygens (including phenoxy) is 3. The minimum atomic E-state index is -1.38. The van der Waals surface area contributed by atoms with Gasteiger partial charge in [-0.2, -0.15) is 0 Å². The fourth-order valence-corrected chi connectivity index (χ4v) is 4.15. The summed E-state index contributed by atoms with van der Waals surface area (Å²) in [6, 6.07) is 13.6. The predicted octanol–water partition coefficient (Wildman–Crippen LogP) is 2.69. The Hall–Kier alpha value is -2.79. The number of aliphatic hydroxyl groups is 1. The van der Waals surface area contributed by atoms with Crippen molar-refractivity contribution in [2.24, 2.45) is 0 Å². The third kappa shape index (κ3) is 7.13. The summed E-state index contributed by atoms with van der Waals surface area (Å²) in [7, 11) is 2.61. The molecule has 0 radical (unpaired) electrons. The zero-order valence-electron chi connectivity index (χ0n) is 20.3. The Kier molecular flexibility index (Phi) is 10.4. The van der Waals surface area contributed by atoms with Crippen molar-refractivity contribution in [3.05, 3.63) is 64.7 Å². The molecule has 0 aromatic heterocycles. The zero-order valence-corrected chi connectivity index (χ0v) is 21.1. The Labute approximate surface area is 216 Å². The SMILES string of the molecule is CCO[C@H](C(=O)N1C(=O)OCC1Cc1ccccc1)C(O)c1ccc(OCCN(C)CB=O)c(Cl)c1. The van der Waals surface area contributed by atoms with Crippen molar-refractivity contribution in [1.82, 2.24) is 9.80 Å². The molecule has 3 rings (SSSR count). The van der Waals surface area contributed by atoms with Gasteiger partial charge in [0.1, 0.15) is 6.61 Å². The minimum absolute atomic E-state index is 0.0638. The Morgan fingerprint density at radius 2 is 2.06 bits per heavy atom. The molecule has 0 saturated carbocycles. The second kappa shape index (κ2) is 13.5. The van der Waals surface area contributed by atoms with Crippen LogP contribution in [0.4, 0.5) is 4.79 Å². The van der Waals surface area contributed by atoms with Crippen molar-refractivity contribution in [3.8, 4) is 5.75 Å². The first-order valence-corrected chi connectivity index (χ1v) is 12.1. The molecular formula is C25H30BClN2O7. The normalized spacial score (nSPS) is 17.0.